The SMILES string of the molecule is CC.CC.CCCCN1CCN(C(C)(C)CC(C)(C)C2CCN(CC)CC2)CC1. The first kappa shape index (κ1) is 28.9. The normalized spacial score (nSPS) is 20.5. The highest BCUT2D eigenvalue weighted by Gasteiger charge is 2.39. The van der Waals surface area contributed by atoms with Crippen LogP contribution in [0.15, 0.2) is 0 Å². The van der Waals surface area contributed by atoms with E-state index in [1.54, 1.807) is 0 Å². The highest BCUT2D eigenvalue weighted by Crippen LogP contribution is 2.42. The Balaban J connectivity index is 0.00000184. The molecule has 2 aliphatic rings. The summed E-state index contributed by atoms with van der Waals surface area (Å²) in [4.78, 5) is 8.06. The smallest absolute Gasteiger partial charge is 0.0159 e. The highest BCUT2D eigenvalue weighted by molar-refractivity contribution is 4.94. The van der Waals surface area contributed by atoms with Gasteiger partial charge in [0.1, 0.15) is 0 Å². The zero-order valence-electron chi connectivity index (χ0n) is 22.1. The number of hydrogen-bond acceptors (Lipinski definition) is 3. The van der Waals surface area contributed by atoms with Crippen molar-refractivity contribution in [2.75, 3.05) is 52.4 Å². The first-order chi connectivity index (χ1) is 13.8. The van der Waals surface area contributed by atoms with Crippen molar-refractivity contribution in [1.82, 2.24) is 14.7 Å². The van der Waals surface area contributed by atoms with Crippen LogP contribution in [0, 0.1) is 11.3 Å². The van der Waals surface area contributed by atoms with Crippen LogP contribution < -0.4 is 0 Å². The number of likely N-dealkylation sites (tertiary alicyclic amines) is 1. The number of unbranched alkanes of at least 4 members (excludes halogenated alkanes) is 1. The molecule has 2 saturated heterocycles. The van der Waals surface area contributed by atoms with Gasteiger partial charge < -0.3 is 9.80 Å². The summed E-state index contributed by atoms with van der Waals surface area (Å²) in [7, 11) is 0. The predicted octanol–water partition coefficient (Wildman–Crippen LogP) is 6.38. The number of hydrogen-bond donors (Lipinski definition) is 0. The van der Waals surface area contributed by atoms with Crippen molar-refractivity contribution in [3.63, 3.8) is 0 Å². The maximum Gasteiger partial charge on any atom is 0.0159 e. The predicted molar refractivity (Wildman–Crippen MR) is 133 cm³/mol. The van der Waals surface area contributed by atoms with Crippen molar-refractivity contribution in [1.29, 1.82) is 0 Å². The third-order valence-electron chi connectivity index (χ3n) is 7.08. The second-order valence-corrected chi connectivity index (χ2v) is 9.87. The molecule has 0 radical (unpaired) electrons. The molecule has 29 heavy (non-hydrogen) atoms. The van der Waals surface area contributed by atoms with Crippen LogP contribution in [0.5, 0.6) is 0 Å². The van der Waals surface area contributed by atoms with Gasteiger partial charge in [-0.05, 0) is 77.0 Å². The summed E-state index contributed by atoms with van der Waals surface area (Å²) in [6.07, 6.45) is 6.78. The van der Waals surface area contributed by atoms with E-state index in [4.69, 9.17) is 0 Å². The number of rotatable bonds is 8. The average Bonchev–Trinajstić information content (AvgIpc) is 2.74. The molecule has 0 bridgehead atoms. The maximum absolute atomic E-state index is 2.78. The van der Waals surface area contributed by atoms with Gasteiger partial charge in [0.25, 0.3) is 0 Å². The maximum atomic E-state index is 2.78. The summed E-state index contributed by atoms with van der Waals surface area (Å²) >= 11 is 0. The molecule has 0 aromatic heterocycles. The molecule has 3 heteroatoms. The molecule has 0 spiro atoms. The Morgan fingerprint density at radius 1 is 0.724 bits per heavy atom. The molecule has 0 aliphatic carbocycles. The lowest BCUT2D eigenvalue weighted by Crippen LogP contribution is -2.56. The van der Waals surface area contributed by atoms with Crippen LogP contribution in [0.4, 0.5) is 0 Å². The van der Waals surface area contributed by atoms with Gasteiger partial charge in [0.15, 0.2) is 0 Å². The van der Waals surface area contributed by atoms with Gasteiger partial charge in [-0.1, -0.05) is 61.8 Å². The average molecular weight is 412 g/mol. The molecule has 2 rings (SSSR count). The second kappa shape index (κ2) is 14.8. The van der Waals surface area contributed by atoms with Crippen molar-refractivity contribution >= 4 is 0 Å². The Labute approximate surface area is 185 Å². The van der Waals surface area contributed by atoms with E-state index < -0.39 is 0 Å². The molecule has 3 nitrogen and oxygen atoms in total. The minimum atomic E-state index is 0.322. The van der Waals surface area contributed by atoms with Crippen LogP contribution in [0.1, 0.15) is 101 Å². The summed E-state index contributed by atoms with van der Waals surface area (Å²) in [6.45, 7) is 32.8. The van der Waals surface area contributed by atoms with E-state index in [1.165, 1.54) is 84.5 Å². The molecular weight excluding hydrogens is 354 g/mol. The third-order valence-corrected chi connectivity index (χ3v) is 7.08. The van der Waals surface area contributed by atoms with Crippen molar-refractivity contribution < 1.29 is 0 Å². The van der Waals surface area contributed by atoms with Gasteiger partial charge >= 0.3 is 0 Å². The first-order valence-corrected chi connectivity index (χ1v) is 13.0. The largest absolute Gasteiger partial charge is 0.304 e. The molecule has 0 aromatic rings. The molecule has 0 saturated carbocycles. The van der Waals surface area contributed by atoms with E-state index in [2.05, 4.69) is 56.2 Å². The lowest BCUT2D eigenvalue weighted by atomic mass is 9.67. The van der Waals surface area contributed by atoms with E-state index in [-0.39, 0.29) is 0 Å². The monoisotopic (exact) mass is 411 g/mol. The Morgan fingerprint density at radius 3 is 1.69 bits per heavy atom. The quantitative estimate of drug-likeness (QED) is 0.458. The lowest BCUT2D eigenvalue weighted by Gasteiger charge is -2.50. The van der Waals surface area contributed by atoms with E-state index in [0.717, 1.165) is 5.92 Å². The van der Waals surface area contributed by atoms with Crippen molar-refractivity contribution in [2.45, 2.75) is 107 Å². The molecule has 0 aromatic carbocycles. The zero-order chi connectivity index (χ0) is 22.5. The topological polar surface area (TPSA) is 9.72 Å². The Morgan fingerprint density at radius 2 is 1.24 bits per heavy atom. The van der Waals surface area contributed by atoms with Crippen LogP contribution in [0.25, 0.3) is 0 Å². The number of nitrogens with zero attached hydrogens (tertiary/aromatic N) is 3. The molecule has 0 amide bonds. The molecule has 176 valence electrons. The summed E-state index contributed by atoms with van der Waals surface area (Å²) in [5.41, 5.74) is 0.769. The summed E-state index contributed by atoms with van der Waals surface area (Å²) in [5.74, 6) is 0.889. The van der Waals surface area contributed by atoms with Crippen LogP contribution in [0.2, 0.25) is 0 Å². The summed E-state index contributed by atoms with van der Waals surface area (Å²) in [5, 5.41) is 0. The molecular formula is C26H57N3. The fourth-order valence-corrected chi connectivity index (χ4v) is 5.36. The van der Waals surface area contributed by atoms with E-state index in [9.17, 15) is 0 Å². The first-order valence-electron chi connectivity index (χ1n) is 13.0. The Hall–Kier alpha value is -0.120. The van der Waals surface area contributed by atoms with Crippen LogP contribution in [0.3, 0.4) is 0 Å². The fourth-order valence-electron chi connectivity index (χ4n) is 5.36. The van der Waals surface area contributed by atoms with E-state index in [0.29, 0.717) is 11.0 Å². The number of piperidine rings is 1. The minimum absolute atomic E-state index is 0.322. The van der Waals surface area contributed by atoms with E-state index in [1.807, 2.05) is 27.7 Å². The standard InChI is InChI=1S/C22H45N3.2C2H6/c1-7-9-12-24-15-17-25(18-16-24)22(5,6)19-21(3,4)20-10-13-23(8-2)14-11-20;2*1-2/h20H,7-19H2,1-6H3;2*1-2H3. The molecule has 0 atom stereocenters. The van der Waals surface area contributed by atoms with Gasteiger partial charge in [-0.15, -0.1) is 0 Å². The third kappa shape index (κ3) is 9.70. The summed E-state index contributed by atoms with van der Waals surface area (Å²) < 4.78 is 0. The van der Waals surface area contributed by atoms with Gasteiger partial charge in [-0.2, -0.15) is 0 Å². The van der Waals surface area contributed by atoms with Crippen LogP contribution in [-0.2, 0) is 0 Å². The van der Waals surface area contributed by atoms with Crippen LogP contribution in [-0.4, -0.2) is 72.6 Å². The molecule has 2 heterocycles. The van der Waals surface area contributed by atoms with Gasteiger partial charge in [-0.3, -0.25) is 4.90 Å². The highest BCUT2D eigenvalue weighted by atomic mass is 15.3. The summed E-state index contributed by atoms with van der Waals surface area (Å²) in [6, 6.07) is 0. The number of piperazine rings is 1. The minimum Gasteiger partial charge on any atom is -0.304 e. The fraction of sp³-hybridized carbons (Fsp3) is 1.00. The molecule has 2 aliphatic heterocycles. The van der Waals surface area contributed by atoms with Crippen LogP contribution >= 0.6 is 0 Å². The van der Waals surface area contributed by atoms with Gasteiger partial charge in [0.2, 0.25) is 0 Å². The Kier molecular flexibility index (Phi) is 14.7. The van der Waals surface area contributed by atoms with E-state index >= 15 is 0 Å². The molecule has 2 fully saturated rings. The zero-order valence-corrected chi connectivity index (χ0v) is 22.1. The Bertz CT molecular complexity index is 375. The van der Waals surface area contributed by atoms with Gasteiger partial charge in [0, 0.05) is 31.7 Å². The molecule has 0 unspecified atom stereocenters. The van der Waals surface area contributed by atoms with Crippen molar-refractivity contribution in [2.24, 2.45) is 11.3 Å². The van der Waals surface area contributed by atoms with Gasteiger partial charge in [-0.25, -0.2) is 0 Å². The second-order valence-electron chi connectivity index (χ2n) is 9.87. The lowest BCUT2D eigenvalue weighted by molar-refractivity contribution is 0.000363. The van der Waals surface area contributed by atoms with Gasteiger partial charge in [0.05, 0.1) is 0 Å². The van der Waals surface area contributed by atoms with Crippen molar-refractivity contribution in [3.8, 4) is 0 Å². The van der Waals surface area contributed by atoms with Crippen molar-refractivity contribution in [3.05, 3.63) is 0 Å². The molecule has 0 N–H and O–H groups in total.